The van der Waals surface area contributed by atoms with E-state index in [1.165, 1.54) is 6.07 Å². The summed E-state index contributed by atoms with van der Waals surface area (Å²) < 4.78 is 37.7. The summed E-state index contributed by atoms with van der Waals surface area (Å²) in [4.78, 5) is 0.00968. The topological polar surface area (TPSA) is 63.6 Å². The summed E-state index contributed by atoms with van der Waals surface area (Å²) in [5, 5.41) is 0. The van der Waals surface area contributed by atoms with Crippen LogP contribution in [0.2, 0.25) is 0 Å². The quantitative estimate of drug-likeness (QED) is 0.839. The molecule has 0 aromatic heterocycles. The van der Waals surface area contributed by atoms with Gasteiger partial charge in [0.25, 0.3) is 10.1 Å². The number of rotatable bonds is 2. The fraction of sp³-hybridized carbons (Fsp3) is 0.538. The third-order valence-electron chi connectivity index (χ3n) is 3.45. The molecule has 1 aromatic carbocycles. The maximum absolute atomic E-state index is 11.4. The van der Waals surface area contributed by atoms with Crippen molar-refractivity contribution in [1.82, 2.24) is 0 Å². The summed E-state index contributed by atoms with van der Waals surface area (Å²) in [6.45, 7) is 4.57. The van der Waals surface area contributed by atoms with Crippen LogP contribution < -0.4 is 0 Å². The Kier molecular flexibility index (Phi) is 3.75. The van der Waals surface area contributed by atoms with Crippen LogP contribution >= 0.6 is 0 Å². The molecule has 2 atom stereocenters. The van der Waals surface area contributed by atoms with Crippen LogP contribution in [-0.4, -0.2) is 25.7 Å². The predicted octanol–water partition coefficient (Wildman–Crippen LogP) is 2.52. The SMILES string of the molecule is Cc1ccc(S(=O)(=O)O)c(C2CCCOC2C)c1. The van der Waals surface area contributed by atoms with Crippen LogP contribution in [0.1, 0.15) is 36.8 Å². The Morgan fingerprint density at radius 2 is 2.11 bits per heavy atom. The lowest BCUT2D eigenvalue weighted by atomic mass is 9.87. The highest BCUT2D eigenvalue weighted by molar-refractivity contribution is 7.85. The van der Waals surface area contributed by atoms with E-state index in [1.807, 2.05) is 19.9 Å². The van der Waals surface area contributed by atoms with Crippen molar-refractivity contribution in [1.29, 1.82) is 0 Å². The molecule has 0 spiro atoms. The van der Waals surface area contributed by atoms with Gasteiger partial charge in [-0.05, 0) is 38.3 Å². The fourth-order valence-electron chi connectivity index (χ4n) is 2.52. The number of benzene rings is 1. The van der Waals surface area contributed by atoms with Gasteiger partial charge in [0.1, 0.15) is 0 Å². The zero-order valence-electron chi connectivity index (χ0n) is 10.6. The Bertz CT molecular complexity index is 536. The molecule has 1 aromatic rings. The van der Waals surface area contributed by atoms with Gasteiger partial charge in [0.05, 0.1) is 11.0 Å². The van der Waals surface area contributed by atoms with E-state index < -0.39 is 10.1 Å². The highest BCUT2D eigenvalue weighted by Gasteiger charge is 2.28. The molecule has 100 valence electrons. The summed E-state index contributed by atoms with van der Waals surface area (Å²) in [5.41, 5.74) is 1.65. The Balaban J connectivity index is 2.51. The molecule has 1 aliphatic heterocycles. The van der Waals surface area contributed by atoms with Crippen molar-refractivity contribution in [3.05, 3.63) is 29.3 Å². The molecule has 0 aliphatic carbocycles. The summed E-state index contributed by atoms with van der Waals surface area (Å²) in [6, 6.07) is 5.00. The first-order valence-electron chi connectivity index (χ1n) is 6.09. The normalized spacial score (nSPS) is 25.1. The summed E-state index contributed by atoms with van der Waals surface area (Å²) >= 11 is 0. The van der Waals surface area contributed by atoms with E-state index in [1.54, 1.807) is 6.07 Å². The van der Waals surface area contributed by atoms with Gasteiger partial charge in [-0.3, -0.25) is 4.55 Å². The molecule has 2 rings (SSSR count). The van der Waals surface area contributed by atoms with Gasteiger partial charge >= 0.3 is 0 Å². The van der Waals surface area contributed by atoms with Crippen LogP contribution in [0.25, 0.3) is 0 Å². The maximum Gasteiger partial charge on any atom is 0.294 e. The second-order valence-electron chi connectivity index (χ2n) is 4.84. The Morgan fingerprint density at radius 1 is 1.39 bits per heavy atom. The largest absolute Gasteiger partial charge is 0.378 e. The molecule has 1 saturated heterocycles. The molecule has 18 heavy (non-hydrogen) atoms. The first kappa shape index (κ1) is 13.5. The molecular formula is C13H18O4S. The molecule has 1 N–H and O–H groups in total. The third-order valence-corrected chi connectivity index (χ3v) is 4.38. The predicted molar refractivity (Wildman–Crippen MR) is 68.4 cm³/mol. The number of hydrogen-bond acceptors (Lipinski definition) is 3. The average molecular weight is 270 g/mol. The highest BCUT2D eigenvalue weighted by Crippen LogP contribution is 2.34. The van der Waals surface area contributed by atoms with Crippen LogP contribution in [-0.2, 0) is 14.9 Å². The van der Waals surface area contributed by atoms with Crippen LogP contribution in [0.4, 0.5) is 0 Å². The van der Waals surface area contributed by atoms with E-state index in [0.717, 1.165) is 18.4 Å². The van der Waals surface area contributed by atoms with Gasteiger partial charge in [-0.2, -0.15) is 8.42 Å². The molecule has 0 radical (unpaired) electrons. The Hall–Kier alpha value is -0.910. The highest BCUT2D eigenvalue weighted by atomic mass is 32.2. The summed E-state index contributed by atoms with van der Waals surface area (Å²) in [5.74, 6) is 0.0237. The molecule has 1 fully saturated rings. The van der Waals surface area contributed by atoms with Gasteiger partial charge in [0.15, 0.2) is 0 Å². The zero-order chi connectivity index (χ0) is 13.3. The molecule has 1 heterocycles. The number of hydrogen-bond donors (Lipinski definition) is 1. The number of aryl methyl sites for hydroxylation is 1. The first-order chi connectivity index (χ1) is 8.39. The van der Waals surface area contributed by atoms with Gasteiger partial charge in [-0.25, -0.2) is 0 Å². The summed E-state index contributed by atoms with van der Waals surface area (Å²) in [7, 11) is -4.18. The van der Waals surface area contributed by atoms with Crippen LogP contribution in [0.15, 0.2) is 23.1 Å². The van der Waals surface area contributed by atoms with E-state index in [0.29, 0.717) is 12.2 Å². The molecule has 0 amide bonds. The van der Waals surface area contributed by atoms with Gasteiger partial charge < -0.3 is 4.74 Å². The molecule has 0 saturated carbocycles. The van der Waals surface area contributed by atoms with Gasteiger partial charge in [0, 0.05) is 12.5 Å². The Morgan fingerprint density at radius 3 is 2.72 bits per heavy atom. The van der Waals surface area contributed by atoms with E-state index in [4.69, 9.17) is 4.74 Å². The fourth-order valence-corrected chi connectivity index (χ4v) is 3.27. The van der Waals surface area contributed by atoms with E-state index >= 15 is 0 Å². The van der Waals surface area contributed by atoms with Crippen molar-refractivity contribution in [3.8, 4) is 0 Å². The average Bonchev–Trinajstić information content (AvgIpc) is 2.27. The second-order valence-corrected chi connectivity index (χ2v) is 6.23. The molecule has 5 heteroatoms. The van der Waals surface area contributed by atoms with Crippen molar-refractivity contribution >= 4 is 10.1 Å². The Labute approximate surface area is 108 Å². The summed E-state index contributed by atoms with van der Waals surface area (Å²) in [6.07, 6.45) is 1.77. The minimum absolute atomic E-state index is 0.00968. The molecule has 2 unspecified atom stereocenters. The molecular weight excluding hydrogens is 252 g/mol. The molecule has 1 aliphatic rings. The monoisotopic (exact) mass is 270 g/mol. The van der Waals surface area contributed by atoms with E-state index in [2.05, 4.69) is 0 Å². The smallest absolute Gasteiger partial charge is 0.294 e. The van der Waals surface area contributed by atoms with Crippen molar-refractivity contribution in [2.24, 2.45) is 0 Å². The van der Waals surface area contributed by atoms with Crippen molar-refractivity contribution < 1.29 is 17.7 Å². The molecule has 0 bridgehead atoms. The maximum atomic E-state index is 11.4. The van der Waals surface area contributed by atoms with Crippen molar-refractivity contribution in [3.63, 3.8) is 0 Å². The minimum Gasteiger partial charge on any atom is -0.378 e. The van der Waals surface area contributed by atoms with Gasteiger partial charge in [-0.1, -0.05) is 17.7 Å². The second kappa shape index (κ2) is 4.99. The number of ether oxygens (including phenoxy) is 1. The van der Waals surface area contributed by atoms with Gasteiger partial charge in [0.2, 0.25) is 0 Å². The van der Waals surface area contributed by atoms with Crippen molar-refractivity contribution in [2.75, 3.05) is 6.61 Å². The van der Waals surface area contributed by atoms with Crippen molar-refractivity contribution in [2.45, 2.75) is 43.6 Å². The van der Waals surface area contributed by atoms with E-state index in [9.17, 15) is 13.0 Å². The van der Waals surface area contributed by atoms with Crippen LogP contribution in [0.5, 0.6) is 0 Å². The van der Waals surface area contributed by atoms with Crippen LogP contribution in [0.3, 0.4) is 0 Å². The van der Waals surface area contributed by atoms with E-state index in [-0.39, 0.29) is 16.9 Å². The minimum atomic E-state index is -4.18. The zero-order valence-corrected chi connectivity index (χ0v) is 11.4. The van der Waals surface area contributed by atoms with Gasteiger partial charge in [-0.15, -0.1) is 0 Å². The standard InChI is InChI=1S/C13H18O4S/c1-9-5-6-13(18(14,15)16)12(8-9)11-4-3-7-17-10(11)2/h5-6,8,10-11H,3-4,7H2,1-2H3,(H,14,15,16). The first-order valence-corrected chi connectivity index (χ1v) is 7.53. The van der Waals surface area contributed by atoms with Crippen LogP contribution in [0, 0.1) is 6.92 Å². The lowest BCUT2D eigenvalue weighted by Gasteiger charge is -2.30. The lowest BCUT2D eigenvalue weighted by molar-refractivity contribution is 0.0108. The lowest BCUT2D eigenvalue weighted by Crippen LogP contribution is -2.26. The molecule has 4 nitrogen and oxygen atoms in total. The third kappa shape index (κ3) is 2.74.